The summed E-state index contributed by atoms with van der Waals surface area (Å²) in [5.41, 5.74) is 0. The summed E-state index contributed by atoms with van der Waals surface area (Å²) >= 11 is 3.52. The van der Waals surface area contributed by atoms with Gasteiger partial charge in [0.2, 0.25) is 0 Å². The molecular formula is C3H7CoO2. The fraction of sp³-hybridized carbons (Fsp3) is 1.00. The van der Waals surface area contributed by atoms with E-state index >= 15 is 0 Å². The van der Waals surface area contributed by atoms with Gasteiger partial charge in [0, 0.05) is 0 Å². The van der Waals surface area contributed by atoms with Gasteiger partial charge in [-0.2, -0.15) is 0 Å². The number of rotatable bonds is 3. The van der Waals surface area contributed by atoms with Crippen LogP contribution >= 0.6 is 0 Å². The second-order valence-electron chi connectivity index (χ2n) is 0.793. The third-order valence-electron chi connectivity index (χ3n) is 0.355. The van der Waals surface area contributed by atoms with E-state index in [0.717, 1.165) is 0 Å². The molecule has 0 fully saturated rings. The molecule has 0 aliphatic heterocycles. The maximum atomic E-state index is 4.61. The first kappa shape index (κ1) is 6.43. The molecule has 40 valence electrons. The van der Waals surface area contributed by atoms with E-state index in [1.807, 2.05) is 0 Å². The Morgan fingerprint density at radius 3 is 2.33 bits per heavy atom. The molecule has 0 saturated carbocycles. The van der Waals surface area contributed by atoms with Gasteiger partial charge in [-0.05, 0) is 0 Å². The summed E-state index contributed by atoms with van der Waals surface area (Å²) in [7, 11) is 1.62. The van der Waals surface area contributed by atoms with E-state index in [4.69, 9.17) is 0 Å². The van der Waals surface area contributed by atoms with E-state index in [1.54, 1.807) is 7.11 Å². The van der Waals surface area contributed by atoms with Gasteiger partial charge in [0.1, 0.15) is 0 Å². The van der Waals surface area contributed by atoms with Crippen LogP contribution in [0.25, 0.3) is 0 Å². The van der Waals surface area contributed by atoms with Crippen LogP contribution in [-0.2, 0) is 24.6 Å². The minimum atomic E-state index is 0.552. The topological polar surface area (TPSA) is 18.5 Å². The summed E-state index contributed by atoms with van der Waals surface area (Å²) < 4.78 is 8.95. The molecule has 0 aliphatic rings. The predicted molar refractivity (Wildman–Crippen MR) is 17.8 cm³/mol. The Kier molecular flexibility index (Phi) is 5.81. The zero-order valence-electron chi connectivity index (χ0n) is 3.56. The van der Waals surface area contributed by atoms with Gasteiger partial charge in [-0.1, -0.05) is 0 Å². The average molecular weight is 134 g/mol. The normalized spacial score (nSPS) is 9.17. The molecule has 0 heterocycles. The van der Waals surface area contributed by atoms with Crippen molar-refractivity contribution in [1.29, 1.82) is 0 Å². The fourth-order valence-electron chi connectivity index (χ4n) is 0.111. The summed E-state index contributed by atoms with van der Waals surface area (Å²) in [6, 6.07) is 0. The number of ether oxygens (including phenoxy) is 1. The molecule has 0 rings (SSSR count). The molecule has 0 aromatic carbocycles. The van der Waals surface area contributed by atoms with Crippen LogP contribution in [0.15, 0.2) is 0 Å². The Hall–Kier alpha value is 0.426. The van der Waals surface area contributed by atoms with Crippen LogP contribution in [0.4, 0.5) is 0 Å². The average Bonchev–Trinajstić information content (AvgIpc) is 1.61. The van der Waals surface area contributed by atoms with Crippen LogP contribution < -0.4 is 0 Å². The Labute approximate surface area is 45.7 Å². The van der Waals surface area contributed by atoms with E-state index in [1.165, 1.54) is 0 Å². The molecule has 0 aromatic rings. The number of hydrogen-bond donors (Lipinski definition) is 0. The molecule has 0 aliphatic carbocycles. The van der Waals surface area contributed by atoms with E-state index in [-0.39, 0.29) is 0 Å². The van der Waals surface area contributed by atoms with Gasteiger partial charge in [0.05, 0.1) is 0 Å². The van der Waals surface area contributed by atoms with E-state index in [0.29, 0.717) is 13.2 Å². The molecule has 0 saturated heterocycles. The summed E-state index contributed by atoms with van der Waals surface area (Å²) in [5.74, 6) is 0. The van der Waals surface area contributed by atoms with Gasteiger partial charge >= 0.3 is 45.0 Å². The molecule has 0 aromatic heterocycles. The van der Waals surface area contributed by atoms with Crippen molar-refractivity contribution in [2.24, 2.45) is 0 Å². The predicted octanol–water partition coefficient (Wildman–Crippen LogP) is 0.111. The zero-order valence-corrected chi connectivity index (χ0v) is 4.61. The second kappa shape index (κ2) is 5.43. The van der Waals surface area contributed by atoms with Crippen molar-refractivity contribution in [2.45, 2.75) is 0 Å². The Bertz CT molecular complexity index is 20.8. The maximum absolute atomic E-state index is 4.61. The van der Waals surface area contributed by atoms with Crippen molar-refractivity contribution >= 4 is 0 Å². The van der Waals surface area contributed by atoms with Crippen molar-refractivity contribution in [3.8, 4) is 0 Å². The van der Waals surface area contributed by atoms with Crippen molar-refractivity contribution < 1.29 is 24.6 Å². The summed E-state index contributed by atoms with van der Waals surface area (Å²) in [6.45, 7) is 1.16. The molecule has 0 amide bonds. The Balaban J connectivity index is 2.34. The van der Waals surface area contributed by atoms with Gasteiger partial charge in [-0.3, -0.25) is 0 Å². The monoisotopic (exact) mass is 134 g/mol. The molecule has 0 radical (unpaired) electrons. The van der Waals surface area contributed by atoms with Crippen LogP contribution in [-0.4, -0.2) is 20.3 Å². The Morgan fingerprint density at radius 2 is 2.17 bits per heavy atom. The molecule has 0 bridgehead atoms. The molecule has 2 nitrogen and oxygen atoms in total. The number of hydrogen-bond acceptors (Lipinski definition) is 2. The molecule has 0 spiro atoms. The third-order valence-corrected chi connectivity index (χ3v) is 0.568. The van der Waals surface area contributed by atoms with Crippen LogP contribution in [0.1, 0.15) is 0 Å². The fourth-order valence-corrected chi connectivity index (χ4v) is 0.198. The minimum absolute atomic E-state index is 0.552. The van der Waals surface area contributed by atoms with Crippen LogP contribution in [0.5, 0.6) is 0 Å². The van der Waals surface area contributed by atoms with Gasteiger partial charge in [0.25, 0.3) is 0 Å². The summed E-state index contributed by atoms with van der Waals surface area (Å²) in [5, 5.41) is 0. The summed E-state index contributed by atoms with van der Waals surface area (Å²) in [4.78, 5) is 0. The first-order valence-electron chi connectivity index (χ1n) is 1.62. The van der Waals surface area contributed by atoms with Gasteiger partial charge < -0.3 is 0 Å². The van der Waals surface area contributed by atoms with Gasteiger partial charge in [0.15, 0.2) is 0 Å². The van der Waals surface area contributed by atoms with Crippen LogP contribution in [0, 0.1) is 0 Å². The first-order valence-corrected chi connectivity index (χ1v) is 2.05. The van der Waals surface area contributed by atoms with Crippen molar-refractivity contribution in [3.05, 3.63) is 0 Å². The van der Waals surface area contributed by atoms with E-state index in [2.05, 4.69) is 24.6 Å². The van der Waals surface area contributed by atoms with Crippen LogP contribution in [0.2, 0.25) is 0 Å². The van der Waals surface area contributed by atoms with Gasteiger partial charge in [-0.15, -0.1) is 0 Å². The summed E-state index contributed by atoms with van der Waals surface area (Å²) in [6.07, 6.45) is 0. The Morgan fingerprint density at radius 1 is 1.50 bits per heavy atom. The SMILES string of the molecule is COCC[O][Co]. The molecule has 3 heteroatoms. The first-order chi connectivity index (χ1) is 2.91. The number of methoxy groups -OCH3 is 1. The molecule has 0 atom stereocenters. The second-order valence-corrected chi connectivity index (χ2v) is 1.09. The molecular weight excluding hydrogens is 127 g/mol. The molecule has 0 N–H and O–H groups in total. The van der Waals surface area contributed by atoms with Crippen molar-refractivity contribution in [3.63, 3.8) is 0 Å². The van der Waals surface area contributed by atoms with Crippen molar-refractivity contribution in [1.82, 2.24) is 0 Å². The third kappa shape index (κ3) is 4.43. The van der Waals surface area contributed by atoms with Gasteiger partial charge in [-0.25, -0.2) is 0 Å². The molecule has 0 unspecified atom stereocenters. The van der Waals surface area contributed by atoms with E-state index < -0.39 is 0 Å². The van der Waals surface area contributed by atoms with E-state index in [9.17, 15) is 0 Å². The standard InChI is InChI=1S/C3H7O2.Co/c1-5-3-2-4;/h2-3H2,1H3;/q-1;+1. The molecule has 6 heavy (non-hydrogen) atoms. The van der Waals surface area contributed by atoms with Crippen molar-refractivity contribution in [2.75, 3.05) is 20.3 Å². The quantitative estimate of drug-likeness (QED) is 0.510. The van der Waals surface area contributed by atoms with Crippen LogP contribution in [0.3, 0.4) is 0 Å². The zero-order chi connectivity index (χ0) is 4.83.